The first-order chi connectivity index (χ1) is 11.6. The molecule has 1 aromatic heterocycles. The molecular formula is C18H28N4OS. The second kappa shape index (κ2) is 9.71. The van der Waals surface area contributed by atoms with Crippen molar-refractivity contribution in [1.82, 2.24) is 19.8 Å². The highest BCUT2D eigenvalue weighted by atomic mass is 32.1. The largest absolute Gasteiger partial charge is 0.492 e. The number of aryl methyl sites for hydroxylation is 1. The first kappa shape index (κ1) is 18.8. The third-order valence-electron chi connectivity index (χ3n) is 4.19. The van der Waals surface area contributed by atoms with Crippen LogP contribution in [0.4, 0.5) is 0 Å². The SMILES string of the molecule is CCN(CC)CCOc1ccc(CNC(C)c2snnc2C)cc1. The molecule has 1 atom stereocenters. The van der Waals surface area contributed by atoms with Gasteiger partial charge in [-0.15, -0.1) is 5.10 Å². The number of nitrogens with one attached hydrogen (secondary N) is 1. The molecule has 1 N–H and O–H groups in total. The predicted octanol–water partition coefficient (Wildman–Crippen LogP) is 3.42. The van der Waals surface area contributed by atoms with E-state index in [0.29, 0.717) is 0 Å². The van der Waals surface area contributed by atoms with Crippen LogP contribution in [0.3, 0.4) is 0 Å². The van der Waals surface area contributed by atoms with E-state index in [0.717, 1.165) is 44.2 Å². The molecule has 6 heteroatoms. The lowest BCUT2D eigenvalue weighted by atomic mass is 10.2. The van der Waals surface area contributed by atoms with Gasteiger partial charge in [0.15, 0.2) is 0 Å². The van der Waals surface area contributed by atoms with Crippen molar-refractivity contribution in [1.29, 1.82) is 0 Å². The molecule has 0 aliphatic rings. The minimum atomic E-state index is 0.259. The Labute approximate surface area is 149 Å². The molecule has 0 radical (unpaired) electrons. The van der Waals surface area contributed by atoms with Crippen molar-refractivity contribution in [2.75, 3.05) is 26.2 Å². The molecule has 0 bridgehead atoms. The van der Waals surface area contributed by atoms with Crippen LogP contribution in [-0.4, -0.2) is 40.7 Å². The van der Waals surface area contributed by atoms with Gasteiger partial charge in [0, 0.05) is 19.1 Å². The van der Waals surface area contributed by atoms with Gasteiger partial charge in [-0.3, -0.25) is 0 Å². The summed E-state index contributed by atoms with van der Waals surface area (Å²) in [6.07, 6.45) is 0. The molecule has 1 aromatic carbocycles. The van der Waals surface area contributed by atoms with Crippen molar-refractivity contribution in [3.05, 3.63) is 40.4 Å². The number of benzene rings is 1. The Morgan fingerprint density at radius 1 is 1.21 bits per heavy atom. The third kappa shape index (κ3) is 5.54. The molecule has 2 aromatic rings. The summed E-state index contributed by atoms with van der Waals surface area (Å²) in [6, 6.07) is 8.58. The first-order valence-electron chi connectivity index (χ1n) is 8.60. The number of aromatic nitrogens is 2. The Hall–Kier alpha value is -1.50. The number of hydrogen-bond acceptors (Lipinski definition) is 6. The third-order valence-corrected chi connectivity index (χ3v) is 5.20. The van der Waals surface area contributed by atoms with E-state index in [-0.39, 0.29) is 6.04 Å². The minimum Gasteiger partial charge on any atom is -0.492 e. The molecule has 24 heavy (non-hydrogen) atoms. The van der Waals surface area contributed by atoms with Gasteiger partial charge >= 0.3 is 0 Å². The fraction of sp³-hybridized carbons (Fsp3) is 0.556. The van der Waals surface area contributed by atoms with Crippen LogP contribution in [0.1, 0.15) is 42.9 Å². The highest BCUT2D eigenvalue weighted by molar-refractivity contribution is 7.05. The molecule has 2 rings (SSSR count). The topological polar surface area (TPSA) is 50.3 Å². The molecule has 0 saturated heterocycles. The molecule has 0 fully saturated rings. The van der Waals surface area contributed by atoms with E-state index < -0.39 is 0 Å². The maximum Gasteiger partial charge on any atom is 0.119 e. The maximum absolute atomic E-state index is 5.82. The summed E-state index contributed by atoms with van der Waals surface area (Å²) in [4.78, 5) is 3.56. The Morgan fingerprint density at radius 3 is 2.50 bits per heavy atom. The molecule has 1 unspecified atom stereocenters. The Kier molecular flexibility index (Phi) is 7.62. The van der Waals surface area contributed by atoms with Gasteiger partial charge < -0.3 is 15.0 Å². The van der Waals surface area contributed by atoms with E-state index in [1.807, 2.05) is 19.1 Å². The van der Waals surface area contributed by atoms with Crippen LogP contribution in [0.2, 0.25) is 0 Å². The van der Waals surface area contributed by atoms with Gasteiger partial charge in [0.2, 0.25) is 0 Å². The molecular weight excluding hydrogens is 320 g/mol. The summed E-state index contributed by atoms with van der Waals surface area (Å²) >= 11 is 1.46. The van der Waals surface area contributed by atoms with Crippen LogP contribution < -0.4 is 10.1 Å². The molecule has 0 aliphatic heterocycles. The van der Waals surface area contributed by atoms with Crippen LogP contribution in [0.25, 0.3) is 0 Å². The first-order valence-corrected chi connectivity index (χ1v) is 9.37. The van der Waals surface area contributed by atoms with Crippen LogP contribution in [-0.2, 0) is 6.54 Å². The normalized spacial score (nSPS) is 12.5. The van der Waals surface area contributed by atoms with E-state index in [1.54, 1.807) is 0 Å². The van der Waals surface area contributed by atoms with E-state index in [4.69, 9.17) is 4.74 Å². The van der Waals surface area contributed by atoms with Crippen molar-refractivity contribution >= 4 is 11.5 Å². The highest BCUT2D eigenvalue weighted by Crippen LogP contribution is 2.20. The fourth-order valence-corrected chi connectivity index (χ4v) is 3.20. The van der Waals surface area contributed by atoms with Crippen LogP contribution >= 0.6 is 11.5 Å². The standard InChI is InChI=1S/C18H28N4OS/c1-5-22(6-2)11-12-23-17-9-7-16(8-10-17)13-19-14(3)18-15(4)20-21-24-18/h7-10,14,19H,5-6,11-13H2,1-4H3. The predicted molar refractivity (Wildman–Crippen MR) is 99.6 cm³/mol. The summed E-state index contributed by atoms with van der Waals surface area (Å²) in [5, 5.41) is 7.58. The highest BCUT2D eigenvalue weighted by Gasteiger charge is 2.11. The van der Waals surface area contributed by atoms with Crippen molar-refractivity contribution in [3.8, 4) is 5.75 Å². The van der Waals surface area contributed by atoms with Gasteiger partial charge in [-0.25, -0.2) is 0 Å². The second-order valence-electron chi connectivity index (χ2n) is 5.84. The van der Waals surface area contributed by atoms with Crippen LogP contribution in [0.15, 0.2) is 24.3 Å². The smallest absolute Gasteiger partial charge is 0.119 e. The Balaban J connectivity index is 1.76. The average Bonchev–Trinajstić information content (AvgIpc) is 3.04. The van der Waals surface area contributed by atoms with E-state index in [2.05, 4.69) is 52.7 Å². The van der Waals surface area contributed by atoms with Crippen molar-refractivity contribution in [2.24, 2.45) is 0 Å². The lowest BCUT2D eigenvalue weighted by Gasteiger charge is -2.18. The van der Waals surface area contributed by atoms with Crippen LogP contribution in [0, 0.1) is 6.92 Å². The fourth-order valence-electron chi connectivity index (χ4n) is 2.53. The molecule has 0 spiro atoms. The van der Waals surface area contributed by atoms with Gasteiger partial charge in [0.1, 0.15) is 12.4 Å². The molecule has 1 heterocycles. The number of hydrogen-bond donors (Lipinski definition) is 1. The number of rotatable bonds is 10. The van der Waals surface area contributed by atoms with Gasteiger partial charge in [-0.05, 0) is 56.2 Å². The summed E-state index contributed by atoms with van der Waals surface area (Å²) in [7, 11) is 0. The molecule has 0 saturated carbocycles. The van der Waals surface area contributed by atoms with E-state index in [9.17, 15) is 0 Å². The van der Waals surface area contributed by atoms with Gasteiger partial charge in [0.25, 0.3) is 0 Å². The number of likely N-dealkylation sites (N-methyl/N-ethyl adjacent to an activating group) is 1. The maximum atomic E-state index is 5.82. The quantitative estimate of drug-likeness (QED) is 0.713. The van der Waals surface area contributed by atoms with Crippen molar-refractivity contribution in [3.63, 3.8) is 0 Å². The molecule has 132 valence electrons. The Morgan fingerprint density at radius 2 is 1.92 bits per heavy atom. The van der Waals surface area contributed by atoms with E-state index in [1.165, 1.54) is 22.0 Å². The second-order valence-corrected chi connectivity index (χ2v) is 6.63. The number of ether oxygens (including phenoxy) is 1. The van der Waals surface area contributed by atoms with Gasteiger partial charge in [-0.1, -0.05) is 30.5 Å². The summed E-state index contributed by atoms with van der Waals surface area (Å²) in [5.74, 6) is 0.932. The zero-order valence-electron chi connectivity index (χ0n) is 15.1. The van der Waals surface area contributed by atoms with Gasteiger partial charge in [0.05, 0.1) is 10.6 Å². The lowest BCUT2D eigenvalue weighted by molar-refractivity contribution is 0.223. The van der Waals surface area contributed by atoms with Crippen LogP contribution in [0.5, 0.6) is 5.75 Å². The van der Waals surface area contributed by atoms with Crippen molar-refractivity contribution in [2.45, 2.75) is 40.3 Å². The average molecular weight is 349 g/mol. The zero-order chi connectivity index (χ0) is 17.4. The molecule has 0 amide bonds. The summed E-state index contributed by atoms with van der Waals surface area (Å²) in [6.45, 7) is 13.2. The number of nitrogens with zero attached hydrogens (tertiary/aromatic N) is 3. The summed E-state index contributed by atoms with van der Waals surface area (Å²) < 4.78 is 9.81. The zero-order valence-corrected chi connectivity index (χ0v) is 15.9. The molecule has 5 nitrogen and oxygen atoms in total. The minimum absolute atomic E-state index is 0.259. The monoisotopic (exact) mass is 348 g/mol. The summed E-state index contributed by atoms with van der Waals surface area (Å²) in [5.41, 5.74) is 2.25. The molecule has 0 aliphatic carbocycles. The lowest BCUT2D eigenvalue weighted by Crippen LogP contribution is -2.27. The Bertz CT molecular complexity index is 595. The van der Waals surface area contributed by atoms with E-state index >= 15 is 0 Å². The van der Waals surface area contributed by atoms with Crippen molar-refractivity contribution < 1.29 is 4.74 Å². The van der Waals surface area contributed by atoms with Gasteiger partial charge in [-0.2, -0.15) is 0 Å².